The molecule has 1 amide bonds. The minimum atomic E-state index is -0.658. The number of nitrogens with one attached hydrogen (secondary N) is 1. The lowest BCUT2D eigenvalue weighted by Crippen LogP contribution is -2.42. The third kappa shape index (κ3) is 7.44. The minimum absolute atomic E-state index is 0.177. The van der Waals surface area contributed by atoms with Crippen molar-refractivity contribution in [3.8, 4) is 5.75 Å². The Labute approximate surface area is 202 Å². The summed E-state index contributed by atoms with van der Waals surface area (Å²) in [7, 11) is 0. The highest BCUT2D eigenvalue weighted by atomic mass is 35.5. The van der Waals surface area contributed by atoms with E-state index in [1.165, 1.54) is 12.1 Å². The Morgan fingerprint density at radius 1 is 0.909 bits per heavy atom. The second-order valence-electron chi connectivity index (χ2n) is 8.10. The van der Waals surface area contributed by atoms with Crippen LogP contribution in [0.15, 0.2) is 66.7 Å². The highest BCUT2D eigenvalue weighted by Crippen LogP contribution is 2.27. The average molecular weight is 492 g/mol. The number of ether oxygens (including phenoxy) is 1. The molecule has 0 aliphatic heterocycles. The molecule has 33 heavy (non-hydrogen) atoms. The summed E-state index contributed by atoms with van der Waals surface area (Å²) in [6, 6.07) is 17.2. The lowest BCUT2D eigenvalue weighted by molar-refractivity contribution is -0.126. The molecule has 3 aromatic carbocycles. The number of hydrogen-bond donors (Lipinski definition) is 1. The Kier molecular flexibility index (Phi) is 8.70. The van der Waals surface area contributed by atoms with Crippen LogP contribution < -0.4 is 10.1 Å². The Morgan fingerprint density at radius 2 is 1.45 bits per heavy atom. The highest BCUT2D eigenvalue weighted by molar-refractivity contribution is 6.30. The van der Waals surface area contributed by atoms with Gasteiger partial charge in [0.1, 0.15) is 17.4 Å². The van der Waals surface area contributed by atoms with Crippen molar-refractivity contribution in [1.29, 1.82) is 0 Å². The Balaban J connectivity index is 1.71. The number of hydrogen-bond acceptors (Lipinski definition) is 2. The van der Waals surface area contributed by atoms with Gasteiger partial charge in [0, 0.05) is 28.1 Å². The summed E-state index contributed by atoms with van der Waals surface area (Å²) in [5.41, 5.74) is 1.41. The molecule has 0 heterocycles. The van der Waals surface area contributed by atoms with E-state index in [0.717, 1.165) is 11.6 Å². The van der Waals surface area contributed by atoms with Gasteiger partial charge in [-0.05, 0) is 73.0 Å². The summed E-state index contributed by atoms with van der Waals surface area (Å²) in [5, 5.41) is 4.18. The van der Waals surface area contributed by atoms with Gasteiger partial charge in [-0.3, -0.25) is 4.79 Å². The van der Waals surface area contributed by atoms with Crippen molar-refractivity contribution >= 4 is 29.1 Å². The fourth-order valence-electron chi connectivity index (χ4n) is 3.54. The molecule has 1 N–H and O–H groups in total. The van der Waals surface area contributed by atoms with Gasteiger partial charge < -0.3 is 10.1 Å². The first-order valence-corrected chi connectivity index (χ1v) is 11.4. The zero-order valence-corrected chi connectivity index (χ0v) is 19.8. The van der Waals surface area contributed by atoms with E-state index < -0.39 is 23.6 Å². The number of benzene rings is 3. The third-order valence-corrected chi connectivity index (χ3v) is 5.92. The van der Waals surface area contributed by atoms with Crippen LogP contribution in [0.2, 0.25) is 10.0 Å². The SMILES string of the molecule is CC(COc1ccc(Cl)cc1)C(=O)NC(C)C(Cc1ccc(Cl)cc1)c1cc(F)cc(F)c1. The first kappa shape index (κ1) is 25.0. The fraction of sp³-hybridized carbons (Fsp3) is 0.269. The zero-order chi connectivity index (χ0) is 24.0. The van der Waals surface area contributed by atoms with Gasteiger partial charge in [-0.2, -0.15) is 0 Å². The van der Waals surface area contributed by atoms with E-state index in [-0.39, 0.29) is 18.4 Å². The standard InChI is InChI=1S/C26H25Cl2F2NO2/c1-16(15-33-24-9-7-21(28)8-10-24)26(32)31-17(2)25(11-18-3-5-20(27)6-4-18)19-12-22(29)14-23(30)13-19/h3-10,12-14,16-17,25H,11,15H2,1-2H3,(H,31,32). The summed E-state index contributed by atoms with van der Waals surface area (Å²) >= 11 is 11.9. The van der Waals surface area contributed by atoms with E-state index in [0.29, 0.717) is 27.8 Å². The maximum Gasteiger partial charge on any atom is 0.226 e. The first-order chi connectivity index (χ1) is 15.7. The van der Waals surface area contributed by atoms with E-state index in [1.807, 2.05) is 19.1 Å². The van der Waals surface area contributed by atoms with Crippen molar-refractivity contribution < 1.29 is 18.3 Å². The number of amides is 1. The molecule has 3 unspecified atom stereocenters. The van der Waals surface area contributed by atoms with Crippen LogP contribution in [0.4, 0.5) is 8.78 Å². The summed E-state index contributed by atoms with van der Waals surface area (Å²) in [4.78, 5) is 12.8. The molecule has 0 bridgehead atoms. The molecule has 3 rings (SSSR count). The van der Waals surface area contributed by atoms with Crippen LogP contribution in [-0.2, 0) is 11.2 Å². The van der Waals surface area contributed by atoms with E-state index in [2.05, 4.69) is 5.32 Å². The second-order valence-corrected chi connectivity index (χ2v) is 8.98. The Bertz CT molecular complexity index is 1050. The van der Waals surface area contributed by atoms with Gasteiger partial charge in [-0.1, -0.05) is 42.3 Å². The predicted octanol–water partition coefficient (Wildman–Crippen LogP) is 6.82. The van der Waals surface area contributed by atoms with Crippen molar-refractivity contribution in [2.75, 3.05) is 6.61 Å². The molecule has 0 saturated heterocycles. The van der Waals surface area contributed by atoms with Gasteiger partial charge in [0.15, 0.2) is 0 Å². The molecule has 0 aliphatic carbocycles. The summed E-state index contributed by atoms with van der Waals surface area (Å²) in [6.45, 7) is 3.76. The van der Waals surface area contributed by atoms with E-state index in [9.17, 15) is 13.6 Å². The Morgan fingerprint density at radius 3 is 2.03 bits per heavy atom. The molecular formula is C26H25Cl2F2NO2. The molecule has 174 valence electrons. The van der Waals surface area contributed by atoms with Crippen molar-refractivity contribution in [3.05, 3.63) is 99.5 Å². The molecule has 0 saturated carbocycles. The van der Waals surface area contributed by atoms with Gasteiger partial charge in [-0.15, -0.1) is 0 Å². The fourth-order valence-corrected chi connectivity index (χ4v) is 3.79. The Hall–Kier alpha value is -2.63. The summed E-state index contributed by atoms with van der Waals surface area (Å²) < 4.78 is 33.6. The van der Waals surface area contributed by atoms with Crippen molar-refractivity contribution in [1.82, 2.24) is 5.32 Å². The van der Waals surface area contributed by atoms with Crippen LogP contribution >= 0.6 is 23.2 Å². The van der Waals surface area contributed by atoms with Crippen molar-refractivity contribution in [2.24, 2.45) is 5.92 Å². The lowest BCUT2D eigenvalue weighted by atomic mass is 9.86. The molecule has 3 nitrogen and oxygen atoms in total. The summed E-state index contributed by atoms with van der Waals surface area (Å²) in [6.07, 6.45) is 0.469. The maximum absolute atomic E-state index is 14.0. The average Bonchev–Trinajstić information content (AvgIpc) is 2.77. The molecule has 0 radical (unpaired) electrons. The van der Waals surface area contributed by atoms with Gasteiger partial charge in [-0.25, -0.2) is 8.78 Å². The topological polar surface area (TPSA) is 38.3 Å². The van der Waals surface area contributed by atoms with Crippen LogP contribution in [0.3, 0.4) is 0 Å². The first-order valence-electron chi connectivity index (χ1n) is 10.6. The van der Waals surface area contributed by atoms with Gasteiger partial charge in [0.2, 0.25) is 5.91 Å². The van der Waals surface area contributed by atoms with Crippen LogP contribution in [0.25, 0.3) is 0 Å². The monoisotopic (exact) mass is 491 g/mol. The lowest BCUT2D eigenvalue weighted by Gasteiger charge is -2.27. The zero-order valence-electron chi connectivity index (χ0n) is 18.3. The number of carbonyl (C=O) groups excluding carboxylic acids is 1. The molecule has 0 fully saturated rings. The summed E-state index contributed by atoms with van der Waals surface area (Å²) in [5.74, 6) is -1.71. The van der Waals surface area contributed by atoms with E-state index in [4.69, 9.17) is 27.9 Å². The van der Waals surface area contributed by atoms with Crippen molar-refractivity contribution in [2.45, 2.75) is 32.2 Å². The molecule has 0 spiro atoms. The molecule has 0 aliphatic rings. The predicted molar refractivity (Wildman–Crippen MR) is 128 cm³/mol. The van der Waals surface area contributed by atoms with Crippen LogP contribution in [0.1, 0.15) is 30.9 Å². The third-order valence-electron chi connectivity index (χ3n) is 5.42. The molecule has 3 atom stereocenters. The van der Waals surface area contributed by atoms with Gasteiger partial charge >= 0.3 is 0 Å². The number of halogens is 4. The number of rotatable bonds is 9. The van der Waals surface area contributed by atoms with E-state index in [1.54, 1.807) is 43.3 Å². The largest absolute Gasteiger partial charge is 0.493 e. The maximum atomic E-state index is 14.0. The van der Waals surface area contributed by atoms with E-state index >= 15 is 0 Å². The van der Waals surface area contributed by atoms with Crippen molar-refractivity contribution in [3.63, 3.8) is 0 Å². The normalized spacial score (nSPS) is 13.8. The molecule has 3 aromatic rings. The second kappa shape index (κ2) is 11.5. The quantitative estimate of drug-likeness (QED) is 0.356. The van der Waals surface area contributed by atoms with Gasteiger partial charge in [0.05, 0.1) is 12.5 Å². The number of carbonyl (C=O) groups is 1. The van der Waals surface area contributed by atoms with Crippen LogP contribution in [0, 0.1) is 17.6 Å². The van der Waals surface area contributed by atoms with Crippen LogP contribution in [-0.4, -0.2) is 18.6 Å². The minimum Gasteiger partial charge on any atom is -0.493 e. The van der Waals surface area contributed by atoms with Crippen LogP contribution in [0.5, 0.6) is 5.75 Å². The molecule has 0 aromatic heterocycles. The molecule has 7 heteroatoms. The highest BCUT2D eigenvalue weighted by Gasteiger charge is 2.25. The van der Waals surface area contributed by atoms with Gasteiger partial charge in [0.25, 0.3) is 0 Å². The smallest absolute Gasteiger partial charge is 0.226 e. The molecular weight excluding hydrogens is 467 g/mol.